The Labute approximate surface area is 155 Å². The monoisotopic (exact) mass is 359 g/mol. The predicted molar refractivity (Wildman–Crippen MR) is 109 cm³/mol. The van der Waals surface area contributed by atoms with Crippen molar-refractivity contribution in [1.82, 2.24) is 15.6 Å². The zero-order valence-electron chi connectivity index (χ0n) is 15.9. The van der Waals surface area contributed by atoms with Gasteiger partial charge < -0.3 is 15.5 Å². The summed E-state index contributed by atoms with van der Waals surface area (Å²) >= 11 is 1.75. The minimum atomic E-state index is 0.672. The van der Waals surface area contributed by atoms with Gasteiger partial charge in [0.15, 0.2) is 5.96 Å². The van der Waals surface area contributed by atoms with Crippen molar-refractivity contribution in [2.45, 2.75) is 33.7 Å². The number of guanidine groups is 1. The summed E-state index contributed by atoms with van der Waals surface area (Å²) in [5.41, 5.74) is 3.73. The molecule has 0 radical (unpaired) electrons. The summed E-state index contributed by atoms with van der Waals surface area (Å²) in [5.74, 6) is 0.854. The van der Waals surface area contributed by atoms with Gasteiger partial charge in [-0.15, -0.1) is 11.3 Å². The molecule has 0 aliphatic rings. The SMILES string of the molecule is CCNC(=NCc1ccc(N(C)C)cc1C)NCCc1ncc(C)s1. The average Bonchev–Trinajstić information content (AvgIpc) is 2.98. The van der Waals surface area contributed by atoms with Crippen LogP contribution in [-0.4, -0.2) is 38.1 Å². The Morgan fingerprint density at radius 3 is 2.64 bits per heavy atom. The summed E-state index contributed by atoms with van der Waals surface area (Å²) in [7, 11) is 4.12. The minimum Gasteiger partial charge on any atom is -0.378 e. The van der Waals surface area contributed by atoms with E-state index >= 15 is 0 Å². The number of benzene rings is 1. The predicted octanol–water partition coefficient (Wildman–Crippen LogP) is 3.12. The number of hydrogen-bond donors (Lipinski definition) is 2. The van der Waals surface area contributed by atoms with E-state index in [-0.39, 0.29) is 0 Å². The van der Waals surface area contributed by atoms with Gasteiger partial charge >= 0.3 is 0 Å². The lowest BCUT2D eigenvalue weighted by Crippen LogP contribution is -2.38. The van der Waals surface area contributed by atoms with Gasteiger partial charge in [0, 0.05) is 50.4 Å². The minimum absolute atomic E-state index is 0.672. The van der Waals surface area contributed by atoms with Crippen LogP contribution >= 0.6 is 11.3 Å². The van der Waals surface area contributed by atoms with Crippen molar-refractivity contribution in [3.8, 4) is 0 Å². The van der Waals surface area contributed by atoms with Crippen LogP contribution in [0.2, 0.25) is 0 Å². The Bertz CT molecular complexity index is 706. The molecule has 0 bridgehead atoms. The number of aromatic nitrogens is 1. The van der Waals surface area contributed by atoms with Crippen LogP contribution < -0.4 is 15.5 Å². The molecule has 1 aromatic heterocycles. The maximum atomic E-state index is 4.72. The number of anilines is 1. The molecular weight excluding hydrogens is 330 g/mol. The molecule has 2 aromatic rings. The number of aryl methyl sites for hydroxylation is 2. The Balaban J connectivity index is 1.94. The molecule has 0 aliphatic heterocycles. The molecule has 2 rings (SSSR count). The van der Waals surface area contributed by atoms with Crippen LogP contribution in [0.4, 0.5) is 5.69 Å². The third-order valence-corrected chi connectivity index (χ3v) is 4.87. The molecule has 0 spiro atoms. The first-order chi connectivity index (χ1) is 12.0. The van der Waals surface area contributed by atoms with E-state index in [2.05, 4.69) is 73.6 Å². The summed E-state index contributed by atoms with van der Waals surface area (Å²) in [6.45, 7) is 8.66. The lowest BCUT2D eigenvalue weighted by atomic mass is 10.1. The molecule has 0 aliphatic carbocycles. The number of hydrogen-bond acceptors (Lipinski definition) is 4. The first-order valence-corrected chi connectivity index (χ1v) is 9.51. The van der Waals surface area contributed by atoms with Gasteiger partial charge in [0.25, 0.3) is 0 Å². The molecule has 1 heterocycles. The van der Waals surface area contributed by atoms with Crippen molar-refractivity contribution in [3.05, 3.63) is 45.4 Å². The van der Waals surface area contributed by atoms with E-state index in [1.54, 1.807) is 11.3 Å². The quantitative estimate of drug-likeness (QED) is 0.589. The van der Waals surface area contributed by atoms with E-state index in [0.717, 1.165) is 30.5 Å². The van der Waals surface area contributed by atoms with E-state index in [9.17, 15) is 0 Å². The van der Waals surface area contributed by atoms with Crippen LogP contribution in [0, 0.1) is 13.8 Å². The maximum Gasteiger partial charge on any atom is 0.191 e. The second-order valence-electron chi connectivity index (χ2n) is 6.24. The second kappa shape index (κ2) is 9.42. The van der Waals surface area contributed by atoms with Gasteiger partial charge in [-0.05, 0) is 44.0 Å². The molecule has 0 fully saturated rings. The summed E-state index contributed by atoms with van der Waals surface area (Å²) in [4.78, 5) is 12.5. The molecule has 2 N–H and O–H groups in total. The van der Waals surface area contributed by atoms with E-state index in [1.165, 1.54) is 21.7 Å². The third-order valence-electron chi connectivity index (χ3n) is 3.89. The Morgan fingerprint density at radius 2 is 2.04 bits per heavy atom. The normalized spacial score (nSPS) is 11.5. The average molecular weight is 360 g/mol. The summed E-state index contributed by atoms with van der Waals surface area (Å²) in [5, 5.41) is 7.87. The van der Waals surface area contributed by atoms with E-state index in [4.69, 9.17) is 4.99 Å². The van der Waals surface area contributed by atoms with Crippen LogP contribution in [-0.2, 0) is 13.0 Å². The topological polar surface area (TPSA) is 52.6 Å². The van der Waals surface area contributed by atoms with Crippen molar-refractivity contribution in [3.63, 3.8) is 0 Å². The van der Waals surface area contributed by atoms with Crippen molar-refractivity contribution >= 4 is 23.0 Å². The number of nitrogens with one attached hydrogen (secondary N) is 2. The Hall–Kier alpha value is -2.08. The van der Waals surface area contributed by atoms with E-state index in [0.29, 0.717) is 6.54 Å². The van der Waals surface area contributed by atoms with E-state index in [1.807, 2.05) is 6.20 Å². The number of nitrogens with zero attached hydrogens (tertiary/aromatic N) is 3. The molecule has 0 saturated heterocycles. The molecular formula is C19H29N5S. The van der Waals surface area contributed by atoms with Crippen molar-refractivity contribution < 1.29 is 0 Å². The van der Waals surface area contributed by atoms with Crippen LogP contribution in [0.15, 0.2) is 29.4 Å². The first-order valence-electron chi connectivity index (χ1n) is 8.70. The van der Waals surface area contributed by atoms with Crippen LogP contribution in [0.5, 0.6) is 0 Å². The van der Waals surface area contributed by atoms with Gasteiger partial charge in [-0.1, -0.05) is 6.07 Å². The van der Waals surface area contributed by atoms with Gasteiger partial charge in [-0.3, -0.25) is 0 Å². The van der Waals surface area contributed by atoms with Crippen LogP contribution in [0.1, 0.15) is 27.9 Å². The van der Waals surface area contributed by atoms with Crippen molar-refractivity contribution in [1.29, 1.82) is 0 Å². The highest BCUT2D eigenvalue weighted by atomic mass is 32.1. The van der Waals surface area contributed by atoms with Crippen LogP contribution in [0.3, 0.4) is 0 Å². The molecule has 136 valence electrons. The summed E-state index contributed by atoms with van der Waals surface area (Å²) < 4.78 is 0. The number of aliphatic imine (C=N–C) groups is 1. The van der Waals surface area contributed by atoms with Gasteiger partial charge in [0.2, 0.25) is 0 Å². The highest BCUT2D eigenvalue weighted by molar-refractivity contribution is 7.11. The molecule has 0 saturated carbocycles. The summed E-state index contributed by atoms with van der Waals surface area (Å²) in [6, 6.07) is 6.51. The Morgan fingerprint density at radius 1 is 1.24 bits per heavy atom. The Kier molecular flexibility index (Phi) is 7.25. The van der Waals surface area contributed by atoms with Gasteiger partial charge in [0.05, 0.1) is 11.6 Å². The maximum absolute atomic E-state index is 4.72. The smallest absolute Gasteiger partial charge is 0.191 e. The molecule has 0 atom stereocenters. The fraction of sp³-hybridized carbons (Fsp3) is 0.474. The highest BCUT2D eigenvalue weighted by Crippen LogP contribution is 2.18. The van der Waals surface area contributed by atoms with Gasteiger partial charge in [-0.25, -0.2) is 9.98 Å². The molecule has 0 unspecified atom stereocenters. The summed E-state index contributed by atoms with van der Waals surface area (Å²) in [6.07, 6.45) is 2.85. The molecule has 1 aromatic carbocycles. The largest absolute Gasteiger partial charge is 0.378 e. The standard InChI is InChI=1S/C19H29N5S/c1-6-20-19(21-10-9-18-22-12-15(3)25-18)23-13-16-7-8-17(24(4)5)11-14(16)2/h7-8,11-12H,6,9-10,13H2,1-5H3,(H2,20,21,23). The number of rotatable bonds is 7. The van der Waals surface area contributed by atoms with Gasteiger partial charge in [-0.2, -0.15) is 0 Å². The lowest BCUT2D eigenvalue weighted by molar-refractivity contribution is 0.796. The highest BCUT2D eigenvalue weighted by Gasteiger charge is 2.04. The van der Waals surface area contributed by atoms with E-state index < -0.39 is 0 Å². The third kappa shape index (κ3) is 6.05. The fourth-order valence-corrected chi connectivity index (χ4v) is 3.23. The lowest BCUT2D eigenvalue weighted by Gasteiger charge is -2.15. The van der Waals surface area contributed by atoms with Crippen LogP contribution in [0.25, 0.3) is 0 Å². The number of thiazole rings is 1. The molecule has 6 heteroatoms. The zero-order chi connectivity index (χ0) is 18.2. The molecule has 0 amide bonds. The molecule has 25 heavy (non-hydrogen) atoms. The van der Waals surface area contributed by atoms with Gasteiger partial charge in [0.1, 0.15) is 0 Å². The fourth-order valence-electron chi connectivity index (χ4n) is 2.45. The first kappa shape index (κ1) is 19.2. The second-order valence-corrected chi connectivity index (χ2v) is 7.56. The molecule has 5 nitrogen and oxygen atoms in total. The van der Waals surface area contributed by atoms with Crippen molar-refractivity contribution in [2.24, 2.45) is 4.99 Å². The van der Waals surface area contributed by atoms with Crippen molar-refractivity contribution in [2.75, 3.05) is 32.1 Å². The zero-order valence-corrected chi connectivity index (χ0v) is 16.7.